The van der Waals surface area contributed by atoms with Crippen molar-refractivity contribution in [2.45, 2.75) is 56.7 Å². The number of carbonyl (C=O) groups is 1. The fraction of sp³-hybridized carbons (Fsp3) is 0.455. The van der Waals surface area contributed by atoms with Gasteiger partial charge in [0.1, 0.15) is 5.69 Å². The molecular weight excluding hydrogens is 338 g/mol. The molecule has 1 fully saturated rings. The number of carbonyl (C=O) groups excluding carboxylic acids is 1. The lowest BCUT2D eigenvalue weighted by molar-refractivity contribution is 0.0587. The molecule has 2 aliphatic rings. The molecule has 0 saturated heterocycles. The Kier molecular flexibility index (Phi) is 5.12. The minimum atomic E-state index is -0.375. The molecule has 1 N–H and O–H groups in total. The van der Waals surface area contributed by atoms with E-state index in [1.54, 1.807) is 12.5 Å². The van der Waals surface area contributed by atoms with Crippen LogP contribution >= 0.6 is 0 Å². The number of hydrogen-bond donors (Lipinski definition) is 1. The van der Waals surface area contributed by atoms with Gasteiger partial charge >= 0.3 is 5.97 Å². The van der Waals surface area contributed by atoms with Crippen molar-refractivity contribution >= 4 is 5.97 Å². The van der Waals surface area contributed by atoms with Gasteiger partial charge in [-0.3, -0.25) is 0 Å². The smallest absolute Gasteiger partial charge is 0.356 e. The molecule has 4 rings (SSSR count). The second kappa shape index (κ2) is 7.69. The summed E-state index contributed by atoms with van der Waals surface area (Å²) >= 11 is 0. The zero-order valence-electron chi connectivity index (χ0n) is 15.9. The maximum absolute atomic E-state index is 12.2. The standard InChI is InChI=1S/C22H27N3O2/c1-15-12-19(24-16-8-4-3-5-9-16)17-10-6-7-11-18(17)21(15)25-14-23-13-20(25)22(26)27-2/h6-7,10-11,13-14,16,19,21,24H,1,3-5,8-9,12H2,2H3. The second-order valence-electron chi connectivity index (χ2n) is 7.63. The van der Waals surface area contributed by atoms with Crippen LogP contribution in [0.2, 0.25) is 0 Å². The predicted octanol–water partition coefficient (Wildman–Crippen LogP) is 4.18. The lowest BCUT2D eigenvalue weighted by Crippen LogP contribution is -2.38. The lowest BCUT2D eigenvalue weighted by Gasteiger charge is -2.37. The number of esters is 1. The molecule has 1 aromatic carbocycles. The zero-order valence-corrected chi connectivity index (χ0v) is 15.9. The van der Waals surface area contributed by atoms with Gasteiger partial charge in [-0.2, -0.15) is 0 Å². The van der Waals surface area contributed by atoms with Crippen LogP contribution in [0.4, 0.5) is 0 Å². The van der Waals surface area contributed by atoms with Gasteiger partial charge in [0.05, 0.1) is 25.7 Å². The van der Waals surface area contributed by atoms with Crippen molar-refractivity contribution in [3.05, 3.63) is 65.8 Å². The van der Waals surface area contributed by atoms with Crippen molar-refractivity contribution in [1.29, 1.82) is 0 Å². The van der Waals surface area contributed by atoms with Gasteiger partial charge in [0.2, 0.25) is 0 Å². The Bertz CT molecular complexity index is 836. The van der Waals surface area contributed by atoms with E-state index in [0.717, 1.165) is 12.0 Å². The van der Waals surface area contributed by atoms with Crippen LogP contribution in [-0.4, -0.2) is 28.7 Å². The fourth-order valence-corrected chi connectivity index (χ4v) is 4.60. The van der Waals surface area contributed by atoms with E-state index in [-0.39, 0.29) is 18.1 Å². The molecule has 0 spiro atoms. The van der Waals surface area contributed by atoms with Crippen molar-refractivity contribution in [2.75, 3.05) is 7.11 Å². The van der Waals surface area contributed by atoms with Crippen LogP contribution in [0.25, 0.3) is 0 Å². The molecule has 2 atom stereocenters. The monoisotopic (exact) mass is 365 g/mol. The van der Waals surface area contributed by atoms with Crippen LogP contribution < -0.4 is 5.32 Å². The van der Waals surface area contributed by atoms with Crippen LogP contribution in [0.15, 0.2) is 48.9 Å². The number of nitrogens with one attached hydrogen (secondary N) is 1. The molecular formula is C22H27N3O2. The average Bonchev–Trinajstić information content (AvgIpc) is 3.17. The maximum atomic E-state index is 12.2. The zero-order chi connectivity index (χ0) is 18.8. The molecule has 2 aliphatic carbocycles. The van der Waals surface area contributed by atoms with Crippen molar-refractivity contribution in [1.82, 2.24) is 14.9 Å². The number of nitrogens with zero attached hydrogens (tertiary/aromatic N) is 2. The van der Waals surface area contributed by atoms with E-state index in [1.165, 1.54) is 50.3 Å². The van der Waals surface area contributed by atoms with E-state index < -0.39 is 0 Å². The van der Waals surface area contributed by atoms with Crippen molar-refractivity contribution < 1.29 is 9.53 Å². The third kappa shape index (κ3) is 3.44. The number of ether oxygens (including phenoxy) is 1. The summed E-state index contributed by atoms with van der Waals surface area (Å²) in [6.45, 7) is 4.38. The third-order valence-corrected chi connectivity index (χ3v) is 5.90. The highest BCUT2D eigenvalue weighted by Crippen LogP contribution is 2.42. The van der Waals surface area contributed by atoms with Gasteiger partial charge in [-0.05, 0) is 36.0 Å². The SMILES string of the molecule is C=C1CC(NC2CCCCC2)c2ccccc2C1n1cncc1C(=O)OC. The van der Waals surface area contributed by atoms with Gasteiger partial charge in [0.15, 0.2) is 0 Å². The lowest BCUT2D eigenvalue weighted by atomic mass is 9.80. The number of fused-ring (bicyclic) bond motifs is 1. The summed E-state index contributed by atoms with van der Waals surface area (Å²) in [5.74, 6) is -0.375. The average molecular weight is 365 g/mol. The topological polar surface area (TPSA) is 56.2 Å². The molecule has 1 saturated carbocycles. The molecule has 1 heterocycles. The van der Waals surface area contributed by atoms with Crippen LogP contribution in [-0.2, 0) is 4.74 Å². The first-order chi connectivity index (χ1) is 13.2. The van der Waals surface area contributed by atoms with Gasteiger partial charge in [-0.1, -0.05) is 50.1 Å². The Morgan fingerprint density at radius 1 is 1.22 bits per heavy atom. The Balaban J connectivity index is 1.68. The maximum Gasteiger partial charge on any atom is 0.356 e. The van der Waals surface area contributed by atoms with Gasteiger partial charge in [-0.25, -0.2) is 9.78 Å². The fourth-order valence-electron chi connectivity index (χ4n) is 4.60. The van der Waals surface area contributed by atoms with Crippen molar-refractivity contribution in [3.63, 3.8) is 0 Å². The summed E-state index contributed by atoms with van der Waals surface area (Å²) in [5, 5.41) is 3.88. The number of imidazole rings is 1. The first-order valence-electron chi connectivity index (χ1n) is 9.81. The molecule has 0 bridgehead atoms. The first-order valence-corrected chi connectivity index (χ1v) is 9.81. The summed E-state index contributed by atoms with van der Waals surface area (Å²) in [4.78, 5) is 16.4. The Morgan fingerprint density at radius 3 is 2.70 bits per heavy atom. The molecule has 2 unspecified atom stereocenters. The highest BCUT2D eigenvalue weighted by atomic mass is 16.5. The predicted molar refractivity (Wildman–Crippen MR) is 105 cm³/mol. The van der Waals surface area contributed by atoms with Crippen LogP contribution in [0, 0.1) is 0 Å². The van der Waals surface area contributed by atoms with Crippen molar-refractivity contribution in [3.8, 4) is 0 Å². The van der Waals surface area contributed by atoms with Gasteiger partial charge in [0, 0.05) is 12.1 Å². The van der Waals surface area contributed by atoms with E-state index >= 15 is 0 Å². The molecule has 1 aromatic heterocycles. The molecule has 142 valence electrons. The van der Waals surface area contributed by atoms with E-state index in [0.29, 0.717) is 11.7 Å². The number of methoxy groups -OCH3 is 1. The first kappa shape index (κ1) is 18.0. The number of rotatable bonds is 4. The highest BCUT2D eigenvalue weighted by molar-refractivity contribution is 5.87. The van der Waals surface area contributed by atoms with Gasteiger partial charge in [-0.15, -0.1) is 0 Å². The summed E-state index contributed by atoms with van der Waals surface area (Å²) in [7, 11) is 1.40. The van der Waals surface area contributed by atoms with Crippen LogP contribution in [0.3, 0.4) is 0 Å². The Morgan fingerprint density at radius 2 is 1.96 bits per heavy atom. The Labute approximate surface area is 160 Å². The summed E-state index contributed by atoms with van der Waals surface area (Å²) < 4.78 is 6.82. The largest absolute Gasteiger partial charge is 0.464 e. The third-order valence-electron chi connectivity index (χ3n) is 5.90. The van der Waals surface area contributed by atoms with E-state index in [2.05, 4.69) is 41.1 Å². The molecule has 0 radical (unpaired) electrons. The van der Waals surface area contributed by atoms with Gasteiger partial charge < -0.3 is 14.6 Å². The van der Waals surface area contributed by atoms with Crippen LogP contribution in [0.1, 0.15) is 72.2 Å². The van der Waals surface area contributed by atoms with E-state index in [4.69, 9.17) is 4.74 Å². The minimum absolute atomic E-state index is 0.0952. The van der Waals surface area contributed by atoms with Crippen LogP contribution in [0.5, 0.6) is 0 Å². The van der Waals surface area contributed by atoms with E-state index in [9.17, 15) is 4.79 Å². The number of benzene rings is 1. The van der Waals surface area contributed by atoms with Crippen molar-refractivity contribution in [2.24, 2.45) is 0 Å². The molecule has 0 aliphatic heterocycles. The normalized spacial score (nSPS) is 23.1. The molecule has 0 amide bonds. The number of aromatic nitrogens is 2. The molecule has 27 heavy (non-hydrogen) atoms. The Hall–Kier alpha value is -2.40. The second-order valence-corrected chi connectivity index (χ2v) is 7.63. The summed E-state index contributed by atoms with van der Waals surface area (Å²) in [6.07, 6.45) is 10.6. The number of hydrogen-bond acceptors (Lipinski definition) is 4. The molecule has 2 aromatic rings. The quantitative estimate of drug-likeness (QED) is 0.652. The highest BCUT2D eigenvalue weighted by Gasteiger charge is 2.33. The molecule has 5 nitrogen and oxygen atoms in total. The van der Waals surface area contributed by atoms with E-state index in [1.807, 2.05) is 4.57 Å². The minimum Gasteiger partial charge on any atom is -0.464 e. The van der Waals surface area contributed by atoms with Gasteiger partial charge in [0.25, 0.3) is 0 Å². The summed E-state index contributed by atoms with van der Waals surface area (Å²) in [6, 6.07) is 9.25. The molecule has 5 heteroatoms. The summed E-state index contributed by atoms with van der Waals surface area (Å²) in [5.41, 5.74) is 4.03.